The van der Waals surface area contributed by atoms with Crippen LogP contribution < -0.4 is 10.2 Å². The third-order valence-electron chi connectivity index (χ3n) is 4.51. The van der Waals surface area contributed by atoms with E-state index < -0.39 is 0 Å². The molecule has 1 amide bonds. The monoisotopic (exact) mass is 416 g/mol. The molecule has 1 heterocycles. The van der Waals surface area contributed by atoms with Gasteiger partial charge in [-0.25, -0.2) is 5.43 Å². The molecule has 6 heteroatoms. The summed E-state index contributed by atoms with van der Waals surface area (Å²) >= 11 is 1.53. The lowest BCUT2D eigenvalue weighted by molar-refractivity contribution is 0.0952. The molecule has 0 bridgehead atoms. The van der Waals surface area contributed by atoms with Crippen LogP contribution >= 0.6 is 11.8 Å². The predicted octanol–water partition coefficient (Wildman–Crippen LogP) is 5.66. The Bertz CT molecular complexity index is 1210. The molecule has 1 aromatic heterocycles. The zero-order chi connectivity index (χ0) is 20.9. The smallest absolute Gasteiger partial charge is 0.275 e. The number of furan rings is 1. The molecule has 0 aliphatic heterocycles. The normalized spacial score (nSPS) is 11.1. The van der Waals surface area contributed by atoms with Gasteiger partial charge < -0.3 is 9.15 Å². The Balaban J connectivity index is 1.43. The van der Waals surface area contributed by atoms with E-state index in [9.17, 15) is 4.79 Å². The number of nitrogens with one attached hydrogen (secondary N) is 1. The van der Waals surface area contributed by atoms with Crippen molar-refractivity contribution < 1.29 is 13.9 Å². The minimum atomic E-state index is -0.352. The first-order chi connectivity index (χ1) is 14.6. The van der Waals surface area contributed by atoms with Gasteiger partial charge in [0.2, 0.25) is 0 Å². The second-order valence-electron chi connectivity index (χ2n) is 6.67. The first kappa shape index (κ1) is 19.8. The van der Waals surface area contributed by atoms with Gasteiger partial charge in [-0.1, -0.05) is 53.7 Å². The van der Waals surface area contributed by atoms with Gasteiger partial charge in [0.25, 0.3) is 5.91 Å². The Labute approximate surface area is 178 Å². The molecule has 3 aromatic carbocycles. The van der Waals surface area contributed by atoms with E-state index >= 15 is 0 Å². The maximum absolute atomic E-state index is 12.6. The highest BCUT2D eigenvalue weighted by Crippen LogP contribution is 2.29. The molecular formula is C24H20N2O3S. The van der Waals surface area contributed by atoms with Crippen LogP contribution in [0.25, 0.3) is 10.8 Å². The van der Waals surface area contributed by atoms with Crippen molar-refractivity contribution in [3.63, 3.8) is 0 Å². The molecule has 0 saturated carbocycles. The summed E-state index contributed by atoms with van der Waals surface area (Å²) in [7, 11) is 1.54. The first-order valence-corrected chi connectivity index (χ1v) is 10.2. The summed E-state index contributed by atoms with van der Waals surface area (Å²) < 4.78 is 11.1. The van der Waals surface area contributed by atoms with Gasteiger partial charge in [0.1, 0.15) is 11.5 Å². The van der Waals surface area contributed by atoms with Gasteiger partial charge >= 0.3 is 0 Å². The third-order valence-corrected chi connectivity index (χ3v) is 5.44. The Morgan fingerprint density at radius 2 is 1.77 bits per heavy atom. The van der Waals surface area contributed by atoms with Crippen LogP contribution in [-0.4, -0.2) is 19.2 Å². The summed E-state index contributed by atoms with van der Waals surface area (Å²) in [5, 5.41) is 6.73. The number of carbonyl (C=O) groups excluding carboxylic acids is 1. The van der Waals surface area contributed by atoms with Crippen molar-refractivity contribution in [3.05, 3.63) is 89.7 Å². The number of benzene rings is 3. The van der Waals surface area contributed by atoms with E-state index in [1.54, 1.807) is 13.2 Å². The third kappa shape index (κ3) is 4.55. The first-order valence-electron chi connectivity index (χ1n) is 9.37. The van der Waals surface area contributed by atoms with E-state index in [4.69, 9.17) is 9.15 Å². The number of aryl methyl sites for hydroxylation is 1. The van der Waals surface area contributed by atoms with Crippen molar-refractivity contribution in [2.75, 3.05) is 7.11 Å². The van der Waals surface area contributed by atoms with Gasteiger partial charge in [-0.15, -0.1) is 0 Å². The van der Waals surface area contributed by atoms with Gasteiger partial charge in [-0.2, -0.15) is 5.10 Å². The minimum Gasteiger partial charge on any atom is -0.496 e. The van der Waals surface area contributed by atoms with Crippen molar-refractivity contribution in [2.24, 2.45) is 5.10 Å². The summed E-state index contributed by atoms with van der Waals surface area (Å²) in [6.07, 6.45) is 1.48. The molecule has 0 spiro atoms. The van der Waals surface area contributed by atoms with Crippen molar-refractivity contribution in [3.8, 4) is 5.75 Å². The second-order valence-corrected chi connectivity index (χ2v) is 7.75. The number of ether oxygens (including phenoxy) is 1. The van der Waals surface area contributed by atoms with Crippen LogP contribution in [-0.2, 0) is 0 Å². The SMILES string of the molecule is COc1cc2ccccc2cc1C(=O)NN=Cc1ccc(Sc2ccc(C)cc2)o1. The molecule has 4 aromatic rings. The number of fused-ring (bicyclic) bond motifs is 1. The summed E-state index contributed by atoms with van der Waals surface area (Å²) in [5.74, 6) is 0.696. The zero-order valence-electron chi connectivity index (χ0n) is 16.6. The number of nitrogens with zero attached hydrogens (tertiary/aromatic N) is 1. The number of hydrogen-bond donors (Lipinski definition) is 1. The maximum Gasteiger partial charge on any atom is 0.275 e. The number of amides is 1. The molecule has 0 unspecified atom stereocenters. The highest BCUT2D eigenvalue weighted by atomic mass is 32.2. The summed E-state index contributed by atoms with van der Waals surface area (Å²) in [5.41, 5.74) is 4.17. The van der Waals surface area contributed by atoms with E-state index in [1.165, 1.54) is 23.5 Å². The molecule has 0 aliphatic carbocycles. The van der Waals surface area contributed by atoms with Crippen LogP contribution in [0.3, 0.4) is 0 Å². The Kier molecular flexibility index (Phi) is 5.86. The molecule has 30 heavy (non-hydrogen) atoms. The molecule has 5 nitrogen and oxygen atoms in total. The van der Waals surface area contributed by atoms with Crippen LogP contribution in [0, 0.1) is 6.92 Å². The van der Waals surface area contributed by atoms with Crippen molar-refractivity contribution in [2.45, 2.75) is 16.9 Å². The van der Waals surface area contributed by atoms with Gasteiger partial charge in [0, 0.05) is 4.90 Å². The number of rotatable bonds is 6. The fourth-order valence-electron chi connectivity index (χ4n) is 2.96. The maximum atomic E-state index is 12.6. The number of hydrazone groups is 1. The van der Waals surface area contributed by atoms with Crippen LogP contribution in [0.2, 0.25) is 0 Å². The molecule has 1 N–H and O–H groups in total. The molecule has 0 atom stereocenters. The summed E-state index contributed by atoms with van der Waals surface area (Å²) in [6.45, 7) is 2.05. The molecule has 0 fully saturated rings. The van der Waals surface area contributed by atoms with E-state index in [1.807, 2.05) is 54.6 Å². The van der Waals surface area contributed by atoms with E-state index in [0.29, 0.717) is 17.1 Å². The highest BCUT2D eigenvalue weighted by molar-refractivity contribution is 7.99. The van der Waals surface area contributed by atoms with Crippen LogP contribution in [0.1, 0.15) is 21.7 Å². The van der Waals surface area contributed by atoms with Crippen LogP contribution in [0.5, 0.6) is 5.75 Å². The van der Waals surface area contributed by atoms with Crippen molar-refractivity contribution in [1.82, 2.24) is 5.43 Å². The molecular weight excluding hydrogens is 396 g/mol. The lowest BCUT2D eigenvalue weighted by Gasteiger charge is -2.09. The Morgan fingerprint density at radius 1 is 1.03 bits per heavy atom. The van der Waals surface area contributed by atoms with Crippen LogP contribution in [0.4, 0.5) is 0 Å². The lowest BCUT2D eigenvalue weighted by Crippen LogP contribution is -2.18. The highest BCUT2D eigenvalue weighted by Gasteiger charge is 2.13. The fraction of sp³-hybridized carbons (Fsp3) is 0.0833. The van der Waals surface area contributed by atoms with Crippen LogP contribution in [0.15, 0.2) is 92.3 Å². The number of carbonyl (C=O) groups is 1. The van der Waals surface area contributed by atoms with Crippen molar-refractivity contribution >= 4 is 34.7 Å². The lowest BCUT2D eigenvalue weighted by atomic mass is 10.1. The second kappa shape index (κ2) is 8.88. The Hall–Kier alpha value is -3.51. The average molecular weight is 417 g/mol. The Morgan fingerprint density at radius 3 is 2.50 bits per heavy atom. The quantitative estimate of drug-likeness (QED) is 0.325. The molecule has 0 saturated heterocycles. The predicted molar refractivity (Wildman–Crippen MR) is 120 cm³/mol. The largest absolute Gasteiger partial charge is 0.496 e. The minimum absolute atomic E-state index is 0.352. The van der Waals surface area contributed by atoms with Crippen molar-refractivity contribution in [1.29, 1.82) is 0 Å². The molecule has 4 rings (SSSR count). The molecule has 0 aliphatic rings. The number of methoxy groups -OCH3 is 1. The molecule has 0 radical (unpaired) electrons. The number of hydrogen-bond acceptors (Lipinski definition) is 5. The zero-order valence-corrected chi connectivity index (χ0v) is 17.4. The van der Waals surface area contributed by atoms with E-state index in [2.05, 4.69) is 29.6 Å². The standard InChI is InChI=1S/C24H20N2O3S/c1-16-7-10-20(11-8-16)30-23-12-9-19(29-23)15-25-26-24(27)21-13-17-5-3-4-6-18(17)14-22(21)28-2/h3-15H,1-2H3,(H,26,27). The van der Waals surface area contributed by atoms with Gasteiger partial charge in [-0.05, 0) is 54.1 Å². The summed E-state index contributed by atoms with van der Waals surface area (Å²) in [6, 6.07) is 23.3. The fourth-order valence-corrected chi connectivity index (χ4v) is 3.74. The average Bonchev–Trinajstić information content (AvgIpc) is 3.21. The summed E-state index contributed by atoms with van der Waals surface area (Å²) in [4.78, 5) is 13.7. The van der Waals surface area contributed by atoms with E-state index in [-0.39, 0.29) is 5.91 Å². The van der Waals surface area contributed by atoms with Gasteiger partial charge in [0.05, 0.1) is 18.9 Å². The van der Waals surface area contributed by atoms with Gasteiger partial charge in [-0.3, -0.25) is 4.79 Å². The topological polar surface area (TPSA) is 63.8 Å². The molecule has 150 valence electrons. The van der Waals surface area contributed by atoms with E-state index in [0.717, 1.165) is 20.8 Å². The van der Waals surface area contributed by atoms with Gasteiger partial charge in [0.15, 0.2) is 5.09 Å².